The Labute approximate surface area is 99.5 Å². The number of aliphatic hydroxyl groups excluding tert-OH is 1. The molecule has 0 radical (unpaired) electrons. The lowest BCUT2D eigenvalue weighted by Gasteiger charge is -2.10. The van der Waals surface area contributed by atoms with E-state index in [0.29, 0.717) is 0 Å². The van der Waals surface area contributed by atoms with Crippen LogP contribution in [0.15, 0.2) is 15.9 Å². The lowest BCUT2D eigenvalue weighted by atomic mass is 10.0. The fourth-order valence-electron chi connectivity index (χ4n) is 2.01. The van der Waals surface area contributed by atoms with Crippen LogP contribution in [-0.2, 0) is 0 Å². The molecule has 0 fully saturated rings. The van der Waals surface area contributed by atoms with Crippen molar-refractivity contribution in [3.05, 3.63) is 44.5 Å². The van der Waals surface area contributed by atoms with Crippen LogP contribution in [0, 0.1) is 27.7 Å². The van der Waals surface area contributed by atoms with Gasteiger partial charge in [-0.15, -0.1) is 11.3 Å². The topological polar surface area (TPSA) is 33.4 Å². The first-order valence-electron chi connectivity index (χ1n) is 5.31. The maximum Gasteiger partial charge on any atom is 0.117 e. The molecule has 2 heterocycles. The minimum Gasteiger partial charge on any atom is -0.466 e. The highest BCUT2D eigenvalue weighted by Gasteiger charge is 2.22. The summed E-state index contributed by atoms with van der Waals surface area (Å²) in [5.41, 5.74) is 3.11. The summed E-state index contributed by atoms with van der Waals surface area (Å²) in [5.74, 6) is 1.70. The van der Waals surface area contributed by atoms with Gasteiger partial charge in [-0.25, -0.2) is 0 Å². The van der Waals surface area contributed by atoms with Crippen molar-refractivity contribution >= 4 is 11.3 Å². The molecule has 0 amide bonds. The molecule has 0 saturated carbocycles. The molecule has 1 atom stereocenters. The Morgan fingerprint density at radius 1 is 1.19 bits per heavy atom. The first-order valence-corrected chi connectivity index (χ1v) is 6.19. The van der Waals surface area contributed by atoms with Gasteiger partial charge >= 0.3 is 0 Å². The molecular weight excluding hydrogens is 220 g/mol. The number of aryl methyl sites for hydroxylation is 3. The zero-order chi connectivity index (χ0) is 11.9. The van der Waals surface area contributed by atoms with Crippen molar-refractivity contribution in [2.24, 2.45) is 0 Å². The predicted molar refractivity (Wildman–Crippen MR) is 66.0 cm³/mol. The minimum atomic E-state index is -0.558. The molecule has 2 aromatic rings. The molecule has 2 aromatic heterocycles. The van der Waals surface area contributed by atoms with Crippen molar-refractivity contribution < 1.29 is 9.52 Å². The zero-order valence-electron chi connectivity index (χ0n) is 10.00. The Morgan fingerprint density at radius 3 is 2.31 bits per heavy atom. The van der Waals surface area contributed by atoms with Crippen LogP contribution in [0.5, 0.6) is 0 Å². The van der Waals surface area contributed by atoms with Gasteiger partial charge in [-0.3, -0.25) is 0 Å². The fraction of sp³-hybridized carbons (Fsp3) is 0.385. The maximum atomic E-state index is 10.4. The van der Waals surface area contributed by atoms with Gasteiger partial charge in [-0.1, -0.05) is 0 Å². The Kier molecular flexibility index (Phi) is 2.91. The molecule has 2 rings (SSSR count). The molecule has 0 aromatic carbocycles. The molecule has 0 aliphatic carbocycles. The van der Waals surface area contributed by atoms with E-state index in [1.54, 1.807) is 11.3 Å². The zero-order valence-corrected chi connectivity index (χ0v) is 10.8. The second kappa shape index (κ2) is 4.07. The highest BCUT2D eigenvalue weighted by molar-refractivity contribution is 7.10. The third kappa shape index (κ3) is 1.70. The number of thiophene rings is 1. The van der Waals surface area contributed by atoms with Crippen molar-refractivity contribution in [2.45, 2.75) is 33.8 Å². The quantitative estimate of drug-likeness (QED) is 0.863. The predicted octanol–water partition coefficient (Wildman–Crippen LogP) is 3.66. The molecule has 86 valence electrons. The Bertz CT molecular complexity index is 508. The van der Waals surface area contributed by atoms with Gasteiger partial charge in [0, 0.05) is 10.4 Å². The van der Waals surface area contributed by atoms with E-state index < -0.39 is 6.10 Å². The van der Waals surface area contributed by atoms with Gasteiger partial charge in [-0.05, 0) is 50.3 Å². The van der Waals surface area contributed by atoms with Gasteiger partial charge in [-0.2, -0.15) is 0 Å². The van der Waals surface area contributed by atoms with Crippen LogP contribution in [0.4, 0.5) is 0 Å². The second-order valence-electron chi connectivity index (χ2n) is 4.12. The van der Waals surface area contributed by atoms with Gasteiger partial charge in [0.05, 0.1) is 0 Å². The van der Waals surface area contributed by atoms with Crippen LogP contribution in [0.25, 0.3) is 0 Å². The van der Waals surface area contributed by atoms with Gasteiger partial charge < -0.3 is 9.52 Å². The number of hydrogen-bond acceptors (Lipinski definition) is 3. The van der Waals surface area contributed by atoms with E-state index in [9.17, 15) is 5.11 Å². The first-order chi connectivity index (χ1) is 7.52. The number of hydrogen-bond donors (Lipinski definition) is 1. The van der Waals surface area contributed by atoms with Crippen molar-refractivity contribution in [2.75, 3.05) is 0 Å². The fourth-order valence-corrected chi connectivity index (χ4v) is 2.93. The summed E-state index contributed by atoms with van der Waals surface area (Å²) in [7, 11) is 0. The molecule has 2 nitrogen and oxygen atoms in total. The normalized spacial score (nSPS) is 13.1. The Hall–Kier alpha value is -1.06. The lowest BCUT2D eigenvalue weighted by Crippen LogP contribution is -2.01. The Balaban J connectivity index is 2.49. The van der Waals surface area contributed by atoms with E-state index in [2.05, 4.69) is 0 Å². The van der Waals surface area contributed by atoms with Crippen LogP contribution in [-0.4, -0.2) is 5.11 Å². The molecule has 0 aliphatic heterocycles. The third-order valence-corrected chi connectivity index (χ3v) is 4.11. The summed E-state index contributed by atoms with van der Waals surface area (Å²) in [4.78, 5) is 1.01. The SMILES string of the molecule is Cc1ccsc1C(O)c1c(C)oc(C)c1C. The molecule has 0 aliphatic rings. The van der Waals surface area contributed by atoms with Crippen molar-refractivity contribution in [1.29, 1.82) is 0 Å². The monoisotopic (exact) mass is 236 g/mol. The van der Waals surface area contributed by atoms with Gasteiger partial charge in [0.2, 0.25) is 0 Å². The summed E-state index contributed by atoms with van der Waals surface area (Å²) < 4.78 is 5.55. The molecule has 16 heavy (non-hydrogen) atoms. The lowest BCUT2D eigenvalue weighted by molar-refractivity contribution is 0.220. The second-order valence-corrected chi connectivity index (χ2v) is 5.07. The van der Waals surface area contributed by atoms with E-state index in [-0.39, 0.29) is 0 Å². The Morgan fingerprint density at radius 2 is 1.88 bits per heavy atom. The van der Waals surface area contributed by atoms with E-state index in [1.807, 2.05) is 39.1 Å². The molecule has 0 spiro atoms. The minimum absolute atomic E-state index is 0.558. The summed E-state index contributed by atoms with van der Waals surface area (Å²) in [6.07, 6.45) is -0.558. The molecule has 1 unspecified atom stereocenters. The number of rotatable bonds is 2. The van der Waals surface area contributed by atoms with Crippen LogP contribution >= 0.6 is 11.3 Å². The van der Waals surface area contributed by atoms with Crippen LogP contribution < -0.4 is 0 Å². The highest BCUT2D eigenvalue weighted by Crippen LogP contribution is 2.35. The van der Waals surface area contributed by atoms with Gasteiger partial charge in [0.25, 0.3) is 0 Å². The van der Waals surface area contributed by atoms with E-state index in [1.165, 1.54) is 0 Å². The van der Waals surface area contributed by atoms with Gasteiger partial charge in [0.1, 0.15) is 17.6 Å². The van der Waals surface area contributed by atoms with Gasteiger partial charge in [0.15, 0.2) is 0 Å². The third-order valence-electron chi connectivity index (χ3n) is 3.04. The van der Waals surface area contributed by atoms with E-state index in [4.69, 9.17) is 4.42 Å². The molecule has 1 N–H and O–H groups in total. The first kappa shape index (κ1) is 11.4. The summed E-state index contributed by atoms with van der Waals surface area (Å²) in [5, 5.41) is 12.4. The highest BCUT2D eigenvalue weighted by atomic mass is 32.1. The van der Waals surface area contributed by atoms with Crippen LogP contribution in [0.2, 0.25) is 0 Å². The van der Waals surface area contributed by atoms with E-state index >= 15 is 0 Å². The molecular formula is C13H16O2S. The molecule has 3 heteroatoms. The average Bonchev–Trinajstić information content (AvgIpc) is 2.73. The molecule has 0 saturated heterocycles. The average molecular weight is 236 g/mol. The van der Waals surface area contributed by atoms with Crippen LogP contribution in [0.1, 0.15) is 39.2 Å². The standard InChI is InChI=1S/C13H16O2S/c1-7-5-6-16-13(7)12(14)11-8(2)9(3)15-10(11)4/h5-6,12,14H,1-4H3. The van der Waals surface area contributed by atoms with Crippen molar-refractivity contribution in [1.82, 2.24) is 0 Å². The van der Waals surface area contributed by atoms with E-state index in [0.717, 1.165) is 33.1 Å². The number of furan rings is 1. The maximum absolute atomic E-state index is 10.4. The summed E-state index contributed by atoms with van der Waals surface area (Å²) in [6, 6.07) is 2.03. The largest absolute Gasteiger partial charge is 0.466 e. The van der Waals surface area contributed by atoms with Crippen LogP contribution in [0.3, 0.4) is 0 Å². The summed E-state index contributed by atoms with van der Waals surface area (Å²) in [6.45, 7) is 7.85. The summed E-state index contributed by atoms with van der Waals surface area (Å²) >= 11 is 1.59. The number of aliphatic hydroxyl groups is 1. The van der Waals surface area contributed by atoms with Crippen molar-refractivity contribution in [3.8, 4) is 0 Å². The van der Waals surface area contributed by atoms with Crippen molar-refractivity contribution in [3.63, 3.8) is 0 Å². The smallest absolute Gasteiger partial charge is 0.117 e. The molecule has 0 bridgehead atoms.